The number of hydrogen-bond donors (Lipinski definition) is 0. The number of nitro groups is 1. The number of sulfonamides is 1. The quantitative estimate of drug-likeness (QED) is 0.393. The molecule has 8 nitrogen and oxygen atoms in total. The lowest BCUT2D eigenvalue weighted by molar-refractivity contribution is -0.387. The largest absolute Gasteiger partial charge is 0.373 e. The smallest absolute Gasteiger partial charge is 0.289 e. The van der Waals surface area contributed by atoms with Gasteiger partial charge in [-0.25, -0.2) is 8.42 Å². The number of carbonyl (C=O) groups is 1. The predicted octanol–water partition coefficient (Wildman–Crippen LogP) is 4.90. The fraction of sp³-hybridized carbons (Fsp3) is 0.464. The first-order valence-electron chi connectivity index (χ1n) is 12.9. The summed E-state index contributed by atoms with van der Waals surface area (Å²) in [4.78, 5) is 24.1. The topological polar surface area (TPSA) is 107 Å². The van der Waals surface area contributed by atoms with Gasteiger partial charge < -0.3 is 4.74 Å². The van der Waals surface area contributed by atoms with Gasteiger partial charge in [0.25, 0.3) is 5.69 Å². The molecule has 4 atom stereocenters. The Hall–Kier alpha value is -2.88. The van der Waals surface area contributed by atoms with Crippen LogP contribution in [-0.4, -0.2) is 42.6 Å². The monoisotopic (exact) mass is 524 g/mol. The highest BCUT2D eigenvalue weighted by molar-refractivity contribution is 7.89. The van der Waals surface area contributed by atoms with Crippen LogP contribution in [0, 0.1) is 27.4 Å². The second-order valence-corrected chi connectivity index (χ2v) is 12.2. The third-order valence-electron chi connectivity index (χ3n) is 8.41. The number of allylic oxidation sites excluding steroid dienone is 2. The molecule has 1 spiro atoms. The van der Waals surface area contributed by atoms with Crippen molar-refractivity contribution in [1.29, 1.82) is 0 Å². The fourth-order valence-corrected chi connectivity index (χ4v) is 8.42. The van der Waals surface area contributed by atoms with Gasteiger partial charge in [0.2, 0.25) is 10.0 Å². The van der Waals surface area contributed by atoms with Crippen LogP contribution in [0.5, 0.6) is 0 Å². The molecule has 5 rings (SSSR count). The highest BCUT2D eigenvalue weighted by atomic mass is 32.2. The van der Waals surface area contributed by atoms with Crippen LogP contribution in [0.1, 0.15) is 44.1 Å². The van der Waals surface area contributed by atoms with E-state index in [1.54, 1.807) is 6.08 Å². The van der Waals surface area contributed by atoms with E-state index in [-0.39, 0.29) is 41.7 Å². The molecule has 1 aliphatic heterocycles. The lowest BCUT2D eigenvalue weighted by atomic mass is 9.62. The molecule has 0 radical (unpaired) electrons. The lowest BCUT2D eigenvalue weighted by Crippen LogP contribution is -2.43. The van der Waals surface area contributed by atoms with Crippen LogP contribution in [0.2, 0.25) is 0 Å². The Balaban J connectivity index is 1.40. The Bertz CT molecular complexity index is 1290. The Kier molecular flexibility index (Phi) is 7.29. The molecular weight excluding hydrogens is 492 g/mol. The number of para-hydroxylation sites is 1. The highest BCUT2D eigenvalue weighted by Crippen LogP contribution is 2.58. The summed E-state index contributed by atoms with van der Waals surface area (Å²) in [6.45, 7) is 0.952. The fourth-order valence-electron chi connectivity index (χ4n) is 6.75. The Morgan fingerprint density at radius 2 is 1.78 bits per heavy atom. The number of rotatable bonds is 6. The zero-order chi connectivity index (χ0) is 26.0. The van der Waals surface area contributed by atoms with Crippen LogP contribution in [0.4, 0.5) is 5.69 Å². The number of ketones is 1. The first-order chi connectivity index (χ1) is 17.8. The van der Waals surface area contributed by atoms with E-state index in [9.17, 15) is 23.3 Å². The van der Waals surface area contributed by atoms with Gasteiger partial charge in [0.05, 0.1) is 17.6 Å². The lowest BCUT2D eigenvalue weighted by Gasteiger charge is -2.40. The van der Waals surface area contributed by atoms with E-state index in [2.05, 4.69) is 0 Å². The van der Waals surface area contributed by atoms with Gasteiger partial charge in [0, 0.05) is 24.6 Å². The SMILES string of the molecule is O=C1C=CC[C@H]2C[C@@H](OCc3ccccc3)[C@@H]3CCCN(S(=O)(=O)c4ccccc4[N+](=O)[O-])CCC[C@]123. The predicted molar refractivity (Wildman–Crippen MR) is 138 cm³/mol. The van der Waals surface area contributed by atoms with Gasteiger partial charge in [-0.1, -0.05) is 48.5 Å². The van der Waals surface area contributed by atoms with Gasteiger partial charge in [-0.2, -0.15) is 4.31 Å². The van der Waals surface area contributed by atoms with E-state index in [1.807, 2.05) is 36.4 Å². The summed E-state index contributed by atoms with van der Waals surface area (Å²) in [5.74, 6) is 0.316. The van der Waals surface area contributed by atoms with Crippen LogP contribution in [-0.2, 0) is 26.2 Å². The highest BCUT2D eigenvalue weighted by Gasteiger charge is 2.58. The Morgan fingerprint density at radius 3 is 2.57 bits per heavy atom. The van der Waals surface area contributed by atoms with E-state index < -0.39 is 26.0 Å². The minimum atomic E-state index is -4.06. The average molecular weight is 525 g/mol. The van der Waals surface area contributed by atoms with Crippen molar-refractivity contribution in [3.8, 4) is 0 Å². The average Bonchev–Trinajstić information content (AvgIpc) is 3.25. The number of benzene rings is 2. The third-order valence-corrected chi connectivity index (χ3v) is 10.4. The first kappa shape index (κ1) is 25.8. The zero-order valence-corrected chi connectivity index (χ0v) is 21.5. The van der Waals surface area contributed by atoms with Gasteiger partial charge in [0.15, 0.2) is 10.7 Å². The van der Waals surface area contributed by atoms with Crippen molar-refractivity contribution in [2.24, 2.45) is 17.3 Å². The maximum atomic E-state index is 13.5. The number of nitrogens with zero attached hydrogens (tertiary/aromatic N) is 2. The molecule has 37 heavy (non-hydrogen) atoms. The molecule has 2 aliphatic carbocycles. The maximum Gasteiger partial charge on any atom is 0.289 e. The minimum absolute atomic E-state index is 0.00683. The van der Waals surface area contributed by atoms with Crippen molar-refractivity contribution >= 4 is 21.5 Å². The van der Waals surface area contributed by atoms with Gasteiger partial charge in [-0.15, -0.1) is 0 Å². The second kappa shape index (κ2) is 10.5. The van der Waals surface area contributed by atoms with Gasteiger partial charge >= 0.3 is 0 Å². The molecule has 0 aromatic heterocycles. The number of hydrogen-bond acceptors (Lipinski definition) is 6. The summed E-state index contributed by atoms with van der Waals surface area (Å²) in [7, 11) is -4.06. The zero-order valence-electron chi connectivity index (χ0n) is 20.7. The Labute approximate surface area is 217 Å². The van der Waals surface area contributed by atoms with E-state index in [0.717, 1.165) is 18.4 Å². The van der Waals surface area contributed by atoms with E-state index in [0.29, 0.717) is 32.3 Å². The van der Waals surface area contributed by atoms with Crippen molar-refractivity contribution in [3.05, 3.63) is 82.4 Å². The van der Waals surface area contributed by atoms with Crippen LogP contribution in [0.15, 0.2) is 71.6 Å². The van der Waals surface area contributed by atoms with E-state index in [4.69, 9.17) is 4.74 Å². The number of ether oxygens (including phenoxy) is 1. The number of nitro benzene ring substituents is 1. The standard InChI is InChI=1S/C28H32N2O6S/c31-27-15-6-11-22-19-25(36-20-21-9-2-1-3-10-21)23-12-7-17-29(18-8-16-28(22,23)27)37(34,35)26-14-5-4-13-24(26)30(32)33/h1-6,9-10,13-15,22-23,25H,7-8,11-12,16-20H2/t22-,23-,25+,28-/m0/s1. The van der Waals surface area contributed by atoms with E-state index >= 15 is 0 Å². The van der Waals surface area contributed by atoms with Crippen molar-refractivity contribution in [2.75, 3.05) is 13.1 Å². The molecule has 0 bridgehead atoms. The van der Waals surface area contributed by atoms with Crippen molar-refractivity contribution in [2.45, 2.75) is 56.1 Å². The molecule has 196 valence electrons. The van der Waals surface area contributed by atoms with Crippen LogP contribution in [0.25, 0.3) is 0 Å². The van der Waals surface area contributed by atoms with Gasteiger partial charge in [-0.3, -0.25) is 14.9 Å². The molecule has 0 unspecified atom stereocenters. The summed E-state index contributed by atoms with van der Waals surface area (Å²) < 4.78 is 34.9. The van der Waals surface area contributed by atoms with Crippen LogP contribution in [0.3, 0.4) is 0 Å². The molecular formula is C28H32N2O6S. The molecule has 9 heteroatoms. The molecule has 0 N–H and O–H groups in total. The normalized spacial score (nSPS) is 28.5. The molecule has 1 saturated heterocycles. The van der Waals surface area contributed by atoms with Crippen molar-refractivity contribution < 1.29 is 22.9 Å². The summed E-state index contributed by atoms with van der Waals surface area (Å²) >= 11 is 0. The summed E-state index contributed by atoms with van der Waals surface area (Å²) in [6, 6.07) is 15.5. The molecule has 1 heterocycles. The molecule has 2 aromatic carbocycles. The summed E-state index contributed by atoms with van der Waals surface area (Å²) in [6.07, 6.45) is 7.57. The maximum absolute atomic E-state index is 13.5. The van der Waals surface area contributed by atoms with Gasteiger partial charge in [-0.05, 0) is 68.1 Å². The van der Waals surface area contributed by atoms with Crippen molar-refractivity contribution in [1.82, 2.24) is 4.31 Å². The Morgan fingerprint density at radius 1 is 1.05 bits per heavy atom. The summed E-state index contributed by atoms with van der Waals surface area (Å²) in [5, 5.41) is 11.5. The molecule has 1 saturated carbocycles. The van der Waals surface area contributed by atoms with Crippen LogP contribution < -0.4 is 0 Å². The van der Waals surface area contributed by atoms with Crippen molar-refractivity contribution in [3.63, 3.8) is 0 Å². The second-order valence-electron chi connectivity index (χ2n) is 10.3. The molecule has 2 fully saturated rings. The van der Waals surface area contributed by atoms with Crippen LogP contribution >= 0.6 is 0 Å². The molecule has 3 aliphatic rings. The molecule has 0 amide bonds. The van der Waals surface area contributed by atoms with Gasteiger partial charge in [0.1, 0.15) is 0 Å². The first-order valence-corrected chi connectivity index (χ1v) is 14.4. The minimum Gasteiger partial charge on any atom is -0.373 e. The summed E-state index contributed by atoms with van der Waals surface area (Å²) in [5.41, 5.74) is 0.120. The third kappa shape index (κ3) is 4.76. The van der Waals surface area contributed by atoms with E-state index in [1.165, 1.54) is 28.6 Å². The number of carbonyl (C=O) groups excluding carboxylic acids is 1. The molecule has 2 aromatic rings.